The Morgan fingerprint density at radius 2 is 1.71 bits per heavy atom. The molecule has 0 amide bonds. The summed E-state index contributed by atoms with van der Waals surface area (Å²) in [6, 6.07) is 16.6. The molecule has 2 aromatic rings. The van der Waals surface area contributed by atoms with Crippen LogP contribution in [0.2, 0.25) is 5.02 Å². The summed E-state index contributed by atoms with van der Waals surface area (Å²) in [4.78, 5) is 14.5. The van der Waals surface area contributed by atoms with E-state index in [2.05, 4.69) is 29.2 Å². The highest BCUT2D eigenvalue weighted by atomic mass is 35.5. The van der Waals surface area contributed by atoms with E-state index in [9.17, 15) is 4.79 Å². The van der Waals surface area contributed by atoms with E-state index in [1.807, 2.05) is 31.2 Å². The third-order valence-corrected chi connectivity index (χ3v) is 5.96. The first-order valence-corrected chi connectivity index (χ1v) is 11.3. The summed E-state index contributed by atoms with van der Waals surface area (Å²) < 4.78 is 16.4. The van der Waals surface area contributed by atoms with E-state index in [0.717, 1.165) is 50.4 Å². The number of carbonyl (C=O) groups is 1. The fourth-order valence-corrected chi connectivity index (χ4v) is 4.13. The van der Waals surface area contributed by atoms with Crippen LogP contribution in [0.15, 0.2) is 48.5 Å². The van der Waals surface area contributed by atoms with E-state index in [-0.39, 0.29) is 24.4 Å². The fourth-order valence-electron chi connectivity index (χ4n) is 4.01. The smallest absolute Gasteiger partial charge is 0.308 e. The number of nitrogens with zero attached hydrogens (tertiary/aromatic N) is 1. The first-order valence-electron chi connectivity index (χ1n) is 10.9. The zero-order chi connectivity index (χ0) is 22.1. The van der Waals surface area contributed by atoms with Crippen molar-refractivity contribution in [3.05, 3.63) is 70.2 Å². The Bertz CT molecular complexity index is 803. The number of ether oxygens (including phenoxy) is 3. The number of hydrogen-bond acceptors (Lipinski definition) is 5. The number of benzene rings is 2. The molecule has 0 spiro atoms. The van der Waals surface area contributed by atoms with Gasteiger partial charge in [-0.2, -0.15) is 0 Å². The maximum atomic E-state index is 12.1. The van der Waals surface area contributed by atoms with E-state index in [1.165, 1.54) is 12.7 Å². The molecule has 0 aliphatic carbocycles. The number of carbonyl (C=O) groups excluding carboxylic acids is 1. The van der Waals surface area contributed by atoms with Gasteiger partial charge in [-0.3, -0.25) is 9.69 Å². The van der Waals surface area contributed by atoms with Crippen molar-refractivity contribution in [1.29, 1.82) is 0 Å². The van der Waals surface area contributed by atoms with E-state index in [1.54, 1.807) is 0 Å². The van der Waals surface area contributed by atoms with Crippen LogP contribution in [0.3, 0.4) is 0 Å². The minimum absolute atomic E-state index is 0.0256. The fraction of sp³-hybridized carbons (Fsp3) is 0.480. The van der Waals surface area contributed by atoms with Crippen molar-refractivity contribution in [3.63, 3.8) is 0 Å². The maximum absolute atomic E-state index is 12.1. The number of hydrogen-bond donors (Lipinski definition) is 0. The second-order valence-corrected chi connectivity index (χ2v) is 8.28. The summed E-state index contributed by atoms with van der Waals surface area (Å²) in [6.45, 7) is 6.93. The molecule has 2 atom stereocenters. The Balaban J connectivity index is 1.81. The molecule has 0 bridgehead atoms. The Labute approximate surface area is 190 Å². The van der Waals surface area contributed by atoms with Crippen molar-refractivity contribution in [2.45, 2.75) is 38.3 Å². The summed E-state index contributed by atoms with van der Waals surface area (Å²) in [5, 5.41) is 0.712. The third kappa shape index (κ3) is 7.32. The number of halogens is 1. The van der Waals surface area contributed by atoms with Crippen molar-refractivity contribution < 1.29 is 19.0 Å². The molecule has 0 aromatic heterocycles. The lowest BCUT2D eigenvalue weighted by molar-refractivity contribution is -0.144. The molecule has 0 radical (unpaired) electrons. The highest BCUT2D eigenvalue weighted by Crippen LogP contribution is 2.30. The Hall–Kier alpha value is -1.92. The van der Waals surface area contributed by atoms with Crippen LogP contribution in [0.5, 0.6) is 0 Å². The third-order valence-electron chi connectivity index (χ3n) is 5.71. The molecule has 0 saturated carbocycles. The van der Waals surface area contributed by atoms with Gasteiger partial charge in [0.25, 0.3) is 0 Å². The van der Waals surface area contributed by atoms with Gasteiger partial charge in [-0.05, 0) is 42.2 Å². The van der Waals surface area contributed by atoms with Gasteiger partial charge in [0.15, 0.2) is 0 Å². The van der Waals surface area contributed by atoms with Crippen LogP contribution in [0.1, 0.15) is 36.0 Å². The Morgan fingerprint density at radius 3 is 2.32 bits per heavy atom. The molecule has 1 saturated heterocycles. The van der Waals surface area contributed by atoms with Crippen LogP contribution < -0.4 is 0 Å². The zero-order valence-electron chi connectivity index (χ0n) is 18.4. The monoisotopic (exact) mass is 445 g/mol. The van der Waals surface area contributed by atoms with Crippen molar-refractivity contribution in [2.24, 2.45) is 0 Å². The summed E-state index contributed by atoms with van der Waals surface area (Å²) >= 11 is 6.06. The average molecular weight is 446 g/mol. The Kier molecular flexibility index (Phi) is 9.34. The number of esters is 1. The molecular weight excluding hydrogens is 414 g/mol. The van der Waals surface area contributed by atoms with Gasteiger partial charge in [-0.25, -0.2) is 0 Å². The topological polar surface area (TPSA) is 48.0 Å². The van der Waals surface area contributed by atoms with Gasteiger partial charge < -0.3 is 14.2 Å². The average Bonchev–Trinajstić information content (AvgIpc) is 2.80. The minimum Gasteiger partial charge on any atom is -0.469 e. The van der Waals surface area contributed by atoms with Crippen LogP contribution in [0, 0.1) is 0 Å². The van der Waals surface area contributed by atoms with Gasteiger partial charge in [0.05, 0.1) is 32.8 Å². The van der Waals surface area contributed by atoms with E-state index < -0.39 is 0 Å². The Morgan fingerprint density at radius 1 is 1.06 bits per heavy atom. The number of morpholine rings is 1. The largest absolute Gasteiger partial charge is 0.469 e. The van der Waals surface area contributed by atoms with Gasteiger partial charge in [0.1, 0.15) is 0 Å². The van der Waals surface area contributed by atoms with Gasteiger partial charge in [-0.1, -0.05) is 48.0 Å². The van der Waals surface area contributed by atoms with Crippen molar-refractivity contribution in [3.8, 4) is 0 Å². The van der Waals surface area contributed by atoms with E-state index in [0.29, 0.717) is 11.6 Å². The molecule has 0 unspecified atom stereocenters. The minimum atomic E-state index is -0.266. The predicted octanol–water partition coefficient (Wildman–Crippen LogP) is 4.47. The second-order valence-electron chi connectivity index (χ2n) is 7.84. The molecule has 1 aliphatic rings. The van der Waals surface area contributed by atoms with Crippen molar-refractivity contribution in [2.75, 3.05) is 40.0 Å². The lowest BCUT2D eigenvalue weighted by Gasteiger charge is -2.28. The highest BCUT2D eigenvalue weighted by Gasteiger charge is 2.27. The molecule has 0 N–H and O–H groups in total. The van der Waals surface area contributed by atoms with Gasteiger partial charge in [-0.15, -0.1) is 0 Å². The highest BCUT2D eigenvalue weighted by molar-refractivity contribution is 6.30. The van der Waals surface area contributed by atoms with Crippen LogP contribution in [0.4, 0.5) is 0 Å². The molecule has 5 nitrogen and oxygen atoms in total. The maximum Gasteiger partial charge on any atom is 0.308 e. The van der Waals surface area contributed by atoms with E-state index in [4.69, 9.17) is 25.8 Å². The molecule has 1 aliphatic heterocycles. The molecule has 1 heterocycles. The summed E-state index contributed by atoms with van der Waals surface area (Å²) in [5.41, 5.74) is 3.58. The molecule has 6 heteroatoms. The lowest BCUT2D eigenvalue weighted by Crippen LogP contribution is -2.35. The second kappa shape index (κ2) is 12.2. The van der Waals surface area contributed by atoms with Gasteiger partial charge >= 0.3 is 5.97 Å². The number of methoxy groups -OCH3 is 1. The molecule has 1 fully saturated rings. The SMILES string of the molecule is CCO[C@H](CC(=O)OC)[C@H](Cc1ccc(Cl)cc1)c1ccc(CN2CCOCC2)cc1. The first kappa shape index (κ1) is 23.7. The van der Waals surface area contributed by atoms with Crippen LogP contribution >= 0.6 is 11.6 Å². The molecule has 3 rings (SSSR count). The predicted molar refractivity (Wildman–Crippen MR) is 122 cm³/mol. The van der Waals surface area contributed by atoms with Crippen molar-refractivity contribution in [1.82, 2.24) is 4.90 Å². The lowest BCUT2D eigenvalue weighted by atomic mass is 9.85. The molecular formula is C25H32ClNO4. The quantitative estimate of drug-likeness (QED) is 0.505. The van der Waals surface area contributed by atoms with E-state index >= 15 is 0 Å². The normalized spacial score (nSPS) is 16.6. The summed E-state index contributed by atoms with van der Waals surface area (Å²) in [7, 11) is 1.42. The standard InChI is InChI=1S/C25H32ClNO4/c1-3-31-24(17-25(28)29-2)23(16-19-6-10-22(26)11-7-19)21-8-4-20(5-9-21)18-27-12-14-30-15-13-27/h4-11,23-24H,3,12-18H2,1-2H3/t23-,24-/m1/s1. The zero-order valence-corrected chi connectivity index (χ0v) is 19.1. The van der Waals surface area contributed by atoms with Crippen LogP contribution in [-0.4, -0.2) is 57.0 Å². The summed E-state index contributed by atoms with van der Waals surface area (Å²) in [5.74, 6) is -0.235. The van der Waals surface area contributed by atoms with Crippen LogP contribution in [-0.2, 0) is 32.0 Å². The summed E-state index contributed by atoms with van der Waals surface area (Å²) in [6.07, 6.45) is 0.706. The van der Waals surface area contributed by atoms with Crippen LogP contribution in [0.25, 0.3) is 0 Å². The van der Waals surface area contributed by atoms with Crippen molar-refractivity contribution >= 4 is 17.6 Å². The molecule has 31 heavy (non-hydrogen) atoms. The van der Waals surface area contributed by atoms with Gasteiger partial charge in [0, 0.05) is 37.2 Å². The number of rotatable bonds is 10. The van der Waals surface area contributed by atoms with Gasteiger partial charge in [0.2, 0.25) is 0 Å². The first-order chi connectivity index (χ1) is 15.1. The molecule has 168 valence electrons. The molecule has 2 aromatic carbocycles.